The predicted octanol–water partition coefficient (Wildman–Crippen LogP) is 4.81. The molecule has 0 fully saturated rings. The normalized spacial score (nSPS) is 10.9. The van der Waals surface area contributed by atoms with Gasteiger partial charge in [-0.05, 0) is 53.3 Å². The Hall–Kier alpha value is -2.92. The highest BCUT2D eigenvalue weighted by Crippen LogP contribution is 2.23. The average molecular weight is 333 g/mol. The fourth-order valence-electron chi connectivity index (χ4n) is 2.65. The highest BCUT2D eigenvalue weighted by atomic mass is 32.1. The summed E-state index contributed by atoms with van der Waals surface area (Å²) in [6.07, 6.45) is 1.62. The summed E-state index contributed by atoms with van der Waals surface area (Å²) >= 11 is 5.54. The Kier molecular flexibility index (Phi) is 3.63. The minimum Gasteiger partial charge on any atom is -0.364 e. The minimum atomic E-state index is 0.619. The third kappa shape index (κ3) is 2.70. The number of nitrogens with one attached hydrogen (secondary N) is 1. The van der Waals surface area contributed by atoms with E-state index < -0.39 is 0 Å². The number of anilines is 2. The molecule has 0 atom stereocenters. The van der Waals surface area contributed by atoms with Gasteiger partial charge in [0.05, 0.1) is 0 Å². The first-order valence-electron chi connectivity index (χ1n) is 7.58. The van der Waals surface area contributed by atoms with Crippen molar-refractivity contribution < 1.29 is 4.52 Å². The summed E-state index contributed by atoms with van der Waals surface area (Å²) in [5.41, 5.74) is 2.72. The molecule has 1 heterocycles. The number of nitrogens with zero attached hydrogens (tertiary/aromatic N) is 2. The maximum absolute atomic E-state index is 5.54. The van der Waals surface area contributed by atoms with Crippen molar-refractivity contribution in [1.29, 1.82) is 0 Å². The van der Waals surface area contributed by atoms with Crippen molar-refractivity contribution in [2.45, 2.75) is 0 Å². The Morgan fingerprint density at radius 2 is 1.79 bits per heavy atom. The third-order valence-corrected chi connectivity index (χ3v) is 4.41. The van der Waals surface area contributed by atoms with Gasteiger partial charge < -0.3 is 14.7 Å². The summed E-state index contributed by atoms with van der Waals surface area (Å²) in [6.45, 7) is 0. The SMILES string of the molecule is CN(C(=S)Nc1ccc2conc2c1)c1ccc2ccccc2c1. The highest BCUT2D eigenvalue weighted by molar-refractivity contribution is 7.80. The lowest BCUT2D eigenvalue weighted by Gasteiger charge is -2.21. The van der Waals surface area contributed by atoms with Gasteiger partial charge in [0.25, 0.3) is 0 Å². The van der Waals surface area contributed by atoms with E-state index >= 15 is 0 Å². The maximum atomic E-state index is 5.54. The van der Waals surface area contributed by atoms with Gasteiger partial charge in [0, 0.05) is 23.8 Å². The zero-order valence-electron chi connectivity index (χ0n) is 13.1. The zero-order valence-corrected chi connectivity index (χ0v) is 13.9. The van der Waals surface area contributed by atoms with E-state index in [4.69, 9.17) is 16.7 Å². The number of thiocarbonyl (C=S) groups is 1. The first-order chi connectivity index (χ1) is 11.7. The zero-order chi connectivity index (χ0) is 16.5. The molecule has 0 spiro atoms. The molecule has 3 aromatic carbocycles. The van der Waals surface area contributed by atoms with Gasteiger partial charge in [-0.1, -0.05) is 35.5 Å². The van der Waals surface area contributed by atoms with E-state index in [9.17, 15) is 0 Å². The molecule has 118 valence electrons. The Morgan fingerprint density at radius 1 is 1.00 bits per heavy atom. The van der Waals surface area contributed by atoms with Crippen LogP contribution in [0.15, 0.2) is 71.4 Å². The van der Waals surface area contributed by atoms with Crippen LogP contribution < -0.4 is 10.2 Å². The molecule has 0 bridgehead atoms. The van der Waals surface area contributed by atoms with Crippen LogP contribution in [0.3, 0.4) is 0 Å². The van der Waals surface area contributed by atoms with Crippen LogP contribution in [0.5, 0.6) is 0 Å². The van der Waals surface area contributed by atoms with Crippen LogP contribution in [-0.4, -0.2) is 17.3 Å². The van der Waals surface area contributed by atoms with Crippen LogP contribution in [0.2, 0.25) is 0 Å². The molecule has 1 N–H and O–H groups in total. The molecular formula is C19H15N3OS. The molecule has 24 heavy (non-hydrogen) atoms. The summed E-state index contributed by atoms with van der Waals surface area (Å²) in [6, 6.07) is 20.4. The van der Waals surface area contributed by atoms with Gasteiger partial charge in [-0.25, -0.2) is 0 Å². The van der Waals surface area contributed by atoms with Crippen LogP contribution in [0.25, 0.3) is 21.7 Å². The molecule has 0 amide bonds. The van der Waals surface area contributed by atoms with Gasteiger partial charge in [-0.3, -0.25) is 0 Å². The first-order valence-corrected chi connectivity index (χ1v) is 7.99. The lowest BCUT2D eigenvalue weighted by molar-refractivity contribution is 0.428. The fraction of sp³-hybridized carbons (Fsp3) is 0.0526. The molecule has 4 nitrogen and oxygen atoms in total. The summed E-state index contributed by atoms with van der Waals surface area (Å²) < 4.78 is 4.96. The molecule has 0 aliphatic heterocycles. The second-order valence-corrected chi connectivity index (χ2v) is 6.00. The number of fused-ring (bicyclic) bond motifs is 2. The summed E-state index contributed by atoms with van der Waals surface area (Å²) in [5, 5.41) is 11.2. The molecular weight excluding hydrogens is 318 g/mol. The largest absolute Gasteiger partial charge is 0.364 e. The van der Waals surface area contributed by atoms with Gasteiger partial charge in [0.15, 0.2) is 5.11 Å². The molecule has 0 saturated carbocycles. The van der Waals surface area contributed by atoms with Crippen molar-refractivity contribution in [3.63, 3.8) is 0 Å². The van der Waals surface area contributed by atoms with Crippen molar-refractivity contribution in [2.75, 3.05) is 17.3 Å². The summed E-state index contributed by atoms with van der Waals surface area (Å²) in [5.74, 6) is 0. The Balaban J connectivity index is 1.57. The topological polar surface area (TPSA) is 41.3 Å². The number of rotatable bonds is 2. The van der Waals surface area contributed by atoms with Crippen molar-refractivity contribution in [3.8, 4) is 0 Å². The summed E-state index contributed by atoms with van der Waals surface area (Å²) in [4.78, 5) is 1.95. The second kappa shape index (κ2) is 5.94. The molecule has 4 aromatic rings. The highest BCUT2D eigenvalue weighted by Gasteiger charge is 2.09. The van der Waals surface area contributed by atoms with Crippen LogP contribution in [0, 0.1) is 0 Å². The van der Waals surface area contributed by atoms with E-state index in [1.165, 1.54) is 10.8 Å². The third-order valence-electron chi connectivity index (χ3n) is 4.04. The molecule has 0 saturated heterocycles. The van der Waals surface area contributed by atoms with Crippen LogP contribution in [0.4, 0.5) is 11.4 Å². The average Bonchev–Trinajstić information content (AvgIpc) is 3.08. The summed E-state index contributed by atoms with van der Waals surface area (Å²) in [7, 11) is 1.95. The standard InChI is InChI=1S/C19H15N3OS/c1-22(17-9-7-13-4-2-3-5-14(13)10-17)19(24)20-16-8-6-15-12-23-21-18(15)11-16/h2-12H,1H3,(H,20,24). The number of hydrogen-bond acceptors (Lipinski definition) is 3. The minimum absolute atomic E-state index is 0.619. The molecule has 0 radical (unpaired) electrons. The molecule has 5 heteroatoms. The van der Waals surface area contributed by atoms with Crippen molar-refractivity contribution >= 4 is 50.4 Å². The van der Waals surface area contributed by atoms with E-state index in [1.807, 2.05) is 42.3 Å². The lowest BCUT2D eigenvalue weighted by Crippen LogP contribution is -2.30. The van der Waals surface area contributed by atoms with Crippen molar-refractivity contribution in [3.05, 3.63) is 66.9 Å². The number of hydrogen-bond donors (Lipinski definition) is 1. The van der Waals surface area contributed by atoms with E-state index in [1.54, 1.807) is 6.26 Å². The van der Waals surface area contributed by atoms with Gasteiger partial charge >= 0.3 is 0 Å². The van der Waals surface area contributed by atoms with Crippen LogP contribution in [-0.2, 0) is 0 Å². The van der Waals surface area contributed by atoms with Crippen LogP contribution >= 0.6 is 12.2 Å². The van der Waals surface area contributed by atoms with Crippen molar-refractivity contribution in [2.24, 2.45) is 0 Å². The fourth-order valence-corrected chi connectivity index (χ4v) is 2.87. The van der Waals surface area contributed by atoms with E-state index in [-0.39, 0.29) is 0 Å². The lowest BCUT2D eigenvalue weighted by atomic mass is 10.1. The molecule has 0 aliphatic rings. The quantitative estimate of drug-likeness (QED) is 0.533. The van der Waals surface area contributed by atoms with E-state index in [0.717, 1.165) is 22.3 Å². The molecule has 0 aliphatic carbocycles. The maximum Gasteiger partial charge on any atom is 0.177 e. The van der Waals surface area contributed by atoms with Gasteiger partial charge in [0.2, 0.25) is 0 Å². The predicted molar refractivity (Wildman–Crippen MR) is 103 cm³/mol. The number of aromatic nitrogens is 1. The van der Waals surface area contributed by atoms with Gasteiger partial charge in [-0.2, -0.15) is 0 Å². The molecule has 4 rings (SSSR count). The Labute approximate surface area is 144 Å². The Bertz CT molecular complexity index is 1040. The Morgan fingerprint density at radius 3 is 2.67 bits per heavy atom. The monoisotopic (exact) mass is 333 g/mol. The van der Waals surface area contributed by atoms with Gasteiger partial charge in [0.1, 0.15) is 11.8 Å². The van der Waals surface area contributed by atoms with Gasteiger partial charge in [-0.15, -0.1) is 0 Å². The van der Waals surface area contributed by atoms with E-state index in [2.05, 4.69) is 40.8 Å². The second-order valence-electron chi connectivity index (χ2n) is 5.61. The van der Waals surface area contributed by atoms with E-state index in [0.29, 0.717) is 5.11 Å². The molecule has 1 aromatic heterocycles. The molecule has 0 unspecified atom stereocenters. The first kappa shape index (κ1) is 14.7. The number of benzene rings is 3. The van der Waals surface area contributed by atoms with Crippen molar-refractivity contribution in [1.82, 2.24) is 5.16 Å². The smallest absolute Gasteiger partial charge is 0.177 e. The van der Waals surface area contributed by atoms with Crippen LogP contribution in [0.1, 0.15) is 0 Å².